The van der Waals surface area contributed by atoms with Crippen LogP contribution in [0.5, 0.6) is 0 Å². The standard InChI is InChI=1S/C10H19NO2.C10H13NO2.C2H6/c1-10(2,3)13-9(12)11-7-5-4-6-8-11;1-2-11-10(12)13-8-9-6-4-3-5-7-9;1-2/h4-8H2,1-3H3;3-7H,2,8H2,1H3,(H,11,12);1-2H3. The Morgan fingerprint density at radius 3 is 2.11 bits per heavy atom. The van der Waals surface area contributed by atoms with Gasteiger partial charge in [0.15, 0.2) is 0 Å². The highest BCUT2D eigenvalue weighted by atomic mass is 16.6. The van der Waals surface area contributed by atoms with Crippen LogP contribution >= 0.6 is 0 Å². The van der Waals surface area contributed by atoms with Gasteiger partial charge in [0.05, 0.1) is 0 Å². The zero-order chi connectivity index (χ0) is 21.4. The number of carbonyl (C=O) groups is 2. The van der Waals surface area contributed by atoms with Crippen molar-refractivity contribution in [1.29, 1.82) is 0 Å². The molecule has 0 aliphatic carbocycles. The van der Waals surface area contributed by atoms with E-state index >= 15 is 0 Å². The molecule has 1 aliphatic rings. The molecule has 0 aromatic heterocycles. The van der Waals surface area contributed by atoms with E-state index in [4.69, 9.17) is 9.47 Å². The molecule has 160 valence electrons. The molecule has 0 unspecified atom stereocenters. The van der Waals surface area contributed by atoms with Crippen molar-refractivity contribution in [1.82, 2.24) is 10.2 Å². The van der Waals surface area contributed by atoms with E-state index in [1.807, 2.05) is 71.9 Å². The summed E-state index contributed by atoms with van der Waals surface area (Å²) in [5, 5.41) is 2.55. The first-order chi connectivity index (χ1) is 13.3. The van der Waals surface area contributed by atoms with Gasteiger partial charge in [-0.15, -0.1) is 0 Å². The van der Waals surface area contributed by atoms with Crippen molar-refractivity contribution in [3.05, 3.63) is 35.9 Å². The zero-order valence-corrected chi connectivity index (χ0v) is 18.4. The minimum absolute atomic E-state index is 0.160. The topological polar surface area (TPSA) is 67.9 Å². The number of amides is 2. The number of piperidine rings is 1. The summed E-state index contributed by atoms with van der Waals surface area (Å²) in [7, 11) is 0. The highest BCUT2D eigenvalue weighted by molar-refractivity contribution is 5.68. The number of carbonyl (C=O) groups excluding carboxylic acids is 2. The molecule has 1 N–H and O–H groups in total. The molecule has 1 heterocycles. The molecule has 2 amide bonds. The molecule has 2 rings (SSSR count). The van der Waals surface area contributed by atoms with Crippen molar-refractivity contribution in [2.45, 2.75) is 73.0 Å². The van der Waals surface area contributed by atoms with Gasteiger partial charge in [0, 0.05) is 19.6 Å². The number of hydrogen-bond donors (Lipinski definition) is 1. The third kappa shape index (κ3) is 13.0. The minimum Gasteiger partial charge on any atom is -0.445 e. The highest BCUT2D eigenvalue weighted by Gasteiger charge is 2.22. The van der Waals surface area contributed by atoms with Crippen molar-refractivity contribution < 1.29 is 19.1 Å². The molecular weight excluding hydrogens is 356 g/mol. The highest BCUT2D eigenvalue weighted by Crippen LogP contribution is 2.14. The quantitative estimate of drug-likeness (QED) is 0.749. The fourth-order valence-electron chi connectivity index (χ4n) is 2.32. The third-order valence-corrected chi connectivity index (χ3v) is 3.54. The molecule has 0 bridgehead atoms. The number of hydrogen-bond acceptors (Lipinski definition) is 4. The Morgan fingerprint density at radius 2 is 1.61 bits per heavy atom. The Balaban J connectivity index is 0.000000478. The Bertz CT molecular complexity index is 535. The molecule has 0 atom stereocenters. The molecule has 6 nitrogen and oxygen atoms in total. The van der Waals surface area contributed by atoms with Crippen LogP contribution in [-0.2, 0) is 16.1 Å². The van der Waals surface area contributed by atoms with Crippen LogP contribution in [0.2, 0.25) is 0 Å². The fraction of sp³-hybridized carbons (Fsp3) is 0.636. The van der Waals surface area contributed by atoms with Crippen LogP contribution in [0.15, 0.2) is 30.3 Å². The maximum Gasteiger partial charge on any atom is 0.410 e. The van der Waals surface area contributed by atoms with Gasteiger partial charge in [0.2, 0.25) is 0 Å². The van der Waals surface area contributed by atoms with Crippen LogP contribution in [0.3, 0.4) is 0 Å². The monoisotopic (exact) mass is 394 g/mol. The van der Waals surface area contributed by atoms with Gasteiger partial charge in [-0.25, -0.2) is 9.59 Å². The van der Waals surface area contributed by atoms with Gasteiger partial charge < -0.3 is 19.7 Å². The molecule has 28 heavy (non-hydrogen) atoms. The van der Waals surface area contributed by atoms with Gasteiger partial charge in [0.25, 0.3) is 0 Å². The van der Waals surface area contributed by atoms with Crippen molar-refractivity contribution in [3.63, 3.8) is 0 Å². The largest absolute Gasteiger partial charge is 0.445 e. The molecule has 0 spiro atoms. The van der Waals surface area contributed by atoms with Crippen LogP contribution in [-0.4, -0.2) is 42.3 Å². The van der Waals surface area contributed by atoms with E-state index in [1.54, 1.807) is 4.90 Å². The number of benzene rings is 1. The van der Waals surface area contributed by atoms with E-state index in [0.29, 0.717) is 13.2 Å². The van der Waals surface area contributed by atoms with Crippen molar-refractivity contribution in [2.75, 3.05) is 19.6 Å². The lowest BCUT2D eigenvalue weighted by Crippen LogP contribution is -2.39. The summed E-state index contributed by atoms with van der Waals surface area (Å²) >= 11 is 0. The number of alkyl carbamates (subject to hydrolysis) is 1. The number of nitrogens with one attached hydrogen (secondary N) is 1. The van der Waals surface area contributed by atoms with Gasteiger partial charge in [-0.1, -0.05) is 44.2 Å². The first kappa shape index (κ1) is 25.8. The smallest absolute Gasteiger partial charge is 0.410 e. The summed E-state index contributed by atoms with van der Waals surface area (Å²) in [5.74, 6) is 0. The summed E-state index contributed by atoms with van der Waals surface area (Å²) in [5.41, 5.74) is 0.628. The molecule has 1 aliphatic heterocycles. The molecule has 1 fully saturated rings. The first-order valence-corrected chi connectivity index (χ1v) is 10.2. The third-order valence-electron chi connectivity index (χ3n) is 3.54. The minimum atomic E-state index is -0.369. The Morgan fingerprint density at radius 1 is 1.04 bits per heavy atom. The van der Waals surface area contributed by atoms with Crippen molar-refractivity contribution in [2.24, 2.45) is 0 Å². The summed E-state index contributed by atoms with van der Waals surface area (Å²) in [6.45, 7) is 14.2. The normalized spacial score (nSPS) is 13.1. The number of nitrogens with zero attached hydrogens (tertiary/aromatic N) is 1. The zero-order valence-electron chi connectivity index (χ0n) is 18.4. The van der Waals surface area contributed by atoms with E-state index in [9.17, 15) is 9.59 Å². The van der Waals surface area contributed by atoms with Crippen LogP contribution in [0.4, 0.5) is 9.59 Å². The molecule has 0 radical (unpaired) electrons. The molecule has 0 saturated carbocycles. The predicted molar refractivity (Wildman–Crippen MR) is 113 cm³/mol. The van der Waals surface area contributed by atoms with E-state index in [1.165, 1.54) is 6.42 Å². The van der Waals surface area contributed by atoms with E-state index in [-0.39, 0.29) is 17.8 Å². The summed E-state index contributed by atoms with van der Waals surface area (Å²) < 4.78 is 10.2. The van der Waals surface area contributed by atoms with E-state index in [0.717, 1.165) is 31.5 Å². The molecule has 1 aromatic rings. The van der Waals surface area contributed by atoms with Crippen molar-refractivity contribution in [3.8, 4) is 0 Å². The predicted octanol–water partition coefficient (Wildman–Crippen LogP) is 5.37. The Kier molecular flexibility index (Phi) is 13.6. The lowest BCUT2D eigenvalue weighted by molar-refractivity contribution is 0.0216. The number of likely N-dealkylation sites (tertiary alicyclic amines) is 1. The van der Waals surface area contributed by atoms with E-state index < -0.39 is 0 Å². The van der Waals surface area contributed by atoms with Gasteiger partial charge in [0.1, 0.15) is 12.2 Å². The Hall–Kier alpha value is -2.24. The summed E-state index contributed by atoms with van der Waals surface area (Å²) in [6, 6.07) is 9.58. The van der Waals surface area contributed by atoms with Gasteiger partial charge in [-0.2, -0.15) is 0 Å². The lowest BCUT2D eigenvalue weighted by atomic mass is 10.1. The first-order valence-electron chi connectivity index (χ1n) is 10.2. The second-order valence-electron chi connectivity index (χ2n) is 7.12. The average Bonchev–Trinajstić information content (AvgIpc) is 2.69. The second-order valence-corrected chi connectivity index (χ2v) is 7.12. The molecular formula is C22H38N2O4. The van der Waals surface area contributed by atoms with Gasteiger partial charge >= 0.3 is 12.2 Å². The maximum absolute atomic E-state index is 11.5. The van der Waals surface area contributed by atoms with Crippen LogP contribution < -0.4 is 5.32 Å². The van der Waals surface area contributed by atoms with E-state index in [2.05, 4.69) is 5.32 Å². The summed E-state index contributed by atoms with van der Waals surface area (Å²) in [6.07, 6.45) is 2.93. The number of rotatable bonds is 3. The average molecular weight is 395 g/mol. The van der Waals surface area contributed by atoms with Gasteiger partial charge in [-0.3, -0.25) is 0 Å². The van der Waals surface area contributed by atoms with Crippen LogP contribution in [0, 0.1) is 0 Å². The second kappa shape index (κ2) is 14.8. The molecule has 1 aromatic carbocycles. The van der Waals surface area contributed by atoms with Gasteiger partial charge in [-0.05, 0) is 52.5 Å². The van der Waals surface area contributed by atoms with Crippen LogP contribution in [0.25, 0.3) is 0 Å². The molecule has 1 saturated heterocycles. The Labute approximate surface area is 170 Å². The van der Waals surface area contributed by atoms with Crippen molar-refractivity contribution >= 4 is 12.2 Å². The SMILES string of the molecule is CC.CC(C)(C)OC(=O)N1CCCCC1.CCNC(=O)OCc1ccccc1. The fourth-order valence-corrected chi connectivity index (χ4v) is 2.32. The molecule has 6 heteroatoms. The maximum atomic E-state index is 11.5. The summed E-state index contributed by atoms with van der Waals surface area (Å²) in [4.78, 5) is 24.2. The lowest BCUT2D eigenvalue weighted by Gasteiger charge is -2.29. The van der Waals surface area contributed by atoms with Crippen LogP contribution in [0.1, 0.15) is 66.4 Å². The number of ether oxygens (including phenoxy) is 2.